The monoisotopic (exact) mass is 212 g/mol. The van der Waals surface area contributed by atoms with Crippen LogP contribution in [0.1, 0.15) is 26.3 Å². The quantitative estimate of drug-likeness (QED) is 0.461. The van der Waals surface area contributed by atoms with Gasteiger partial charge in [0, 0.05) is 11.8 Å². The van der Waals surface area contributed by atoms with Gasteiger partial charge in [-0.05, 0) is 20.3 Å². The average Bonchev–Trinajstić information content (AvgIpc) is 2.47. The van der Waals surface area contributed by atoms with Crippen LogP contribution in [0.3, 0.4) is 0 Å². The maximum Gasteiger partial charge on any atom is 0.222 e. The maximum atomic E-state index is 5.70. The van der Waals surface area contributed by atoms with Crippen LogP contribution in [0.2, 0.25) is 0 Å². The Kier molecular flexibility index (Phi) is 4.00. The SMILES string of the molecule is C=CCCSc1nnc(N)n1C(C)C. The third-order valence-electron chi connectivity index (χ3n) is 1.76. The third kappa shape index (κ3) is 2.51. The lowest BCUT2D eigenvalue weighted by Gasteiger charge is -2.10. The molecule has 0 aliphatic heterocycles. The van der Waals surface area contributed by atoms with E-state index < -0.39 is 0 Å². The molecule has 4 nitrogen and oxygen atoms in total. The highest BCUT2D eigenvalue weighted by molar-refractivity contribution is 7.99. The van der Waals surface area contributed by atoms with Gasteiger partial charge in [-0.15, -0.1) is 16.8 Å². The van der Waals surface area contributed by atoms with Crippen LogP contribution in [-0.4, -0.2) is 20.5 Å². The lowest BCUT2D eigenvalue weighted by Crippen LogP contribution is -2.07. The summed E-state index contributed by atoms with van der Waals surface area (Å²) in [6.45, 7) is 7.81. The standard InChI is InChI=1S/C9H16N4S/c1-4-5-6-14-9-12-11-8(10)13(9)7(2)3/h4,7H,1,5-6H2,2-3H3,(H2,10,11). The van der Waals surface area contributed by atoms with Crippen molar-refractivity contribution >= 4 is 17.7 Å². The number of nitrogen functional groups attached to an aromatic ring is 1. The number of hydrogen-bond donors (Lipinski definition) is 1. The summed E-state index contributed by atoms with van der Waals surface area (Å²) in [5.74, 6) is 1.45. The molecular formula is C9H16N4S. The molecule has 0 aliphatic rings. The van der Waals surface area contributed by atoms with Gasteiger partial charge < -0.3 is 5.73 Å². The normalized spacial score (nSPS) is 10.8. The fourth-order valence-electron chi connectivity index (χ4n) is 1.11. The molecule has 0 bridgehead atoms. The first kappa shape index (κ1) is 11.1. The zero-order valence-electron chi connectivity index (χ0n) is 8.60. The Morgan fingerprint density at radius 1 is 1.57 bits per heavy atom. The third-order valence-corrected chi connectivity index (χ3v) is 2.74. The van der Waals surface area contributed by atoms with Crippen molar-refractivity contribution in [1.82, 2.24) is 14.8 Å². The van der Waals surface area contributed by atoms with Gasteiger partial charge in [-0.25, -0.2) is 0 Å². The Labute approximate surface area is 88.6 Å². The number of anilines is 1. The number of hydrogen-bond acceptors (Lipinski definition) is 4. The van der Waals surface area contributed by atoms with Crippen LogP contribution >= 0.6 is 11.8 Å². The predicted octanol–water partition coefficient (Wildman–Crippen LogP) is 2.11. The Morgan fingerprint density at radius 2 is 2.29 bits per heavy atom. The largest absolute Gasteiger partial charge is 0.368 e. The maximum absolute atomic E-state index is 5.70. The zero-order chi connectivity index (χ0) is 10.6. The van der Waals surface area contributed by atoms with Crippen molar-refractivity contribution < 1.29 is 0 Å². The Morgan fingerprint density at radius 3 is 2.86 bits per heavy atom. The van der Waals surface area contributed by atoms with E-state index in [9.17, 15) is 0 Å². The van der Waals surface area contributed by atoms with E-state index in [-0.39, 0.29) is 0 Å². The van der Waals surface area contributed by atoms with Crippen molar-refractivity contribution in [3.8, 4) is 0 Å². The molecular weight excluding hydrogens is 196 g/mol. The predicted molar refractivity (Wildman–Crippen MR) is 60.4 cm³/mol. The van der Waals surface area contributed by atoms with Crippen molar-refractivity contribution in [1.29, 1.82) is 0 Å². The minimum Gasteiger partial charge on any atom is -0.368 e. The van der Waals surface area contributed by atoms with Crippen LogP contribution in [0.5, 0.6) is 0 Å². The summed E-state index contributed by atoms with van der Waals surface area (Å²) < 4.78 is 1.94. The van der Waals surface area contributed by atoms with Gasteiger partial charge in [0.25, 0.3) is 0 Å². The van der Waals surface area contributed by atoms with Crippen LogP contribution in [0.25, 0.3) is 0 Å². The van der Waals surface area contributed by atoms with Crippen LogP contribution in [-0.2, 0) is 0 Å². The number of nitrogens with two attached hydrogens (primary N) is 1. The molecule has 5 heteroatoms. The molecule has 0 fully saturated rings. The average molecular weight is 212 g/mol. The second kappa shape index (κ2) is 5.05. The van der Waals surface area contributed by atoms with Gasteiger partial charge in [0.2, 0.25) is 5.95 Å². The van der Waals surface area contributed by atoms with Gasteiger partial charge in [-0.2, -0.15) is 0 Å². The van der Waals surface area contributed by atoms with Crippen molar-refractivity contribution in [2.75, 3.05) is 11.5 Å². The van der Waals surface area contributed by atoms with Gasteiger partial charge in [-0.3, -0.25) is 4.57 Å². The molecule has 1 heterocycles. The minimum absolute atomic E-state index is 0.302. The molecule has 0 unspecified atom stereocenters. The summed E-state index contributed by atoms with van der Waals surface area (Å²) in [5, 5.41) is 8.77. The summed E-state index contributed by atoms with van der Waals surface area (Å²) in [4.78, 5) is 0. The summed E-state index contributed by atoms with van der Waals surface area (Å²) in [6.07, 6.45) is 2.86. The van der Waals surface area contributed by atoms with Crippen LogP contribution < -0.4 is 5.73 Å². The summed E-state index contributed by atoms with van der Waals surface area (Å²) in [6, 6.07) is 0.302. The van der Waals surface area contributed by atoms with E-state index >= 15 is 0 Å². The van der Waals surface area contributed by atoms with Gasteiger partial charge in [-0.1, -0.05) is 17.8 Å². The van der Waals surface area contributed by atoms with Gasteiger partial charge in [0.1, 0.15) is 0 Å². The van der Waals surface area contributed by atoms with E-state index in [1.54, 1.807) is 11.8 Å². The minimum atomic E-state index is 0.302. The molecule has 0 saturated carbocycles. The summed E-state index contributed by atoms with van der Waals surface area (Å²) in [5.41, 5.74) is 5.70. The molecule has 2 N–H and O–H groups in total. The lowest BCUT2D eigenvalue weighted by atomic mass is 10.4. The fourth-order valence-corrected chi connectivity index (χ4v) is 2.11. The molecule has 0 spiro atoms. The highest BCUT2D eigenvalue weighted by Crippen LogP contribution is 2.22. The second-order valence-corrected chi connectivity index (χ2v) is 4.29. The van der Waals surface area contributed by atoms with Crippen LogP contribution in [0.4, 0.5) is 5.95 Å². The van der Waals surface area contributed by atoms with E-state index in [4.69, 9.17) is 5.73 Å². The number of nitrogens with zero attached hydrogens (tertiary/aromatic N) is 3. The van der Waals surface area contributed by atoms with Crippen molar-refractivity contribution in [2.24, 2.45) is 0 Å². The fraction of sp³-hybridized carbons (Fsp3) is 0.556. The molecule has 1 aromatic heterocycles. The molecule has 78 valence electrons. The first-order valence-corrected chi connectivity index (χ1v) is 5.59. The lowest BCUT2D eigenvalue weighted by molar-refractivity contribution is 0.557. The molecule has 1 rings (SSSR count). The first-order chi connectivity index (χ1) is 6.66. The smallest absolute Gasteiger partial charge is 0.222 e. The number of aromatic nitrogens is 3. The Balaban J connectivity index is 2.71. The van der Waals surface area contributed by atoms with Crippen molar-refractivity contribution in [3.05, 3.63) is 12.7 Å². The zero-order valence-corrected chi connectivity index (χ0v) is 9.42. The molecule has 0 atom stereocenters. The van der Waals surface area contributed by atoms with Crippen LogP contribution in [0, 0.1) is 0 Å². The van der Waals surface area contributed by atoms with E-state index in [1.807, 2.05) is 10.6 Å². The van der Waals surface area contributed by atoms with E-state index in [2.05, 4.69) is 30.6 Å². The van der Waals surface area contributed by atoms with E-state index in [0.29, 0.717) is 12.0 Å². The number of allylic oxidation sites excluding steroid dienone is 1. The van der Waals surface area contributed by atoms with E-state index in [0.717, 1.165) is 17.3 Å². The molecule has 0 aromatic carbocycles. The van der Waals surface area contributed by atoms with Crippen molar-refractivity contribution in [2.45, 2.75) is 31.5 Å². The van der Waals surface area contributed by atoms with Crippen LogP contribution in [0.15, 0.2) is 17.8 Å². The Bertz CT molecular complexity index is 306. The molecule has 0 amide bonds. The molecule has 0 radical (unpaired) electrons. The van der Waals surface area contributed by atoms with Crippen molar-refractivity contribution in [3.63, 3.8) is 0 Å². The molecule has 0 saturated heterocycles. The molecule has 14 heavy (non-hydrogen) atoms. The number of thioether (sulfide) groups is 1. The number of rotatable bonds is 5. The highest BCUT2D eigenvalue weighted by Gasteiger charge is 2.11. The van der Waals surface area contributed by atoms with E-state index in [1.165, 1.54) is 0 Å². The van der Waals surface area contributed by atoms with Gasteiger partial charge in [0.05, 0.1) is 0 Å². The molecule has 0 aliphatic carbocycles. The topological polar surface area (TPSA) is 56.7 Å². The summed E-state index contributed by atoms with van der Waals surface area (Å²) >= 11 is 1.66. The van der Waals surface area contributed by atoms with Gasteiger partial charge in [0.15, 0.2) is 5.16 Å². The summed E-state index contributed by atoms with van der Waals surface area (Å²) in [7, 11) is 0. The highest BCUT2D eigenvalue weighted by atomic mass is 32.2. The second-order valence-electron chi connectivity index (χ2n) is 3.23. The van der Waals surface area contributed by atoms with Gasteiger partial charge >= 0.3 is 0 Å². The molecule has 1 aromatic rings. The Hall–Kier alpha value is -0.970. The first-order valence-electron chi connectivity index (χ1n) is 4.61.